The van der Waals surface area contributed by atoms with Crippen molar-refractivity contribution in [1.82, 2.24) is 40.4 Å². The SMILES string of the molecule is C.C.NC(=O)c1nn(CC(=O)N(CC(=O)NCc2cccc(Cl)c2F)C2CC(O)C2)c2ccccc12.NC(=O)c1nn(CC(=O)O)c2ccccc12.NC1CC(O)C1.O=C(CCl)CCc1cccc(Cl)c1F.O=C(CNC1CC(O)C1)NCc1cccc(Cl)c1F.O=CO[O-].[H-].[K+].[K+]. The first-order chi connectivity index (χ1) is 44.2. The van der Waals surface area contributed by atoms with Crippen molar-refractivity contribution < 1.29 is 186 Å². The van der Waals surface area contributed by atoms with Gasteiger partial charge in [0.15, 0.2) is 11.4 Å². The number of aliphatic hydroxyl groups excluding tert-OH is 3. The number of hydrogen-bond acceptors (Lipinski definition) is 17. The van der Waals surface area contributed by atoms with Crippen LogP contribution in [0.15, 0.2) is 103 Å². The van der Waals surface area contributed by atoms with Crippen molar-refractivity contribution in [3.63, 3.8) is 0 Å². The van der Waals surface area contributed by atoms with Gasteiger partial charge in [-0.3, -0.25) is 47.7 Å². The molecule has 0 aliphatic heterocycles. The number of rotatable bonds is 21. The van der Waals surface area contributed by atoms with Gasteiger partial charge in [-0.05, 0) is 80.8 Å². The van der Waals surface area contributed by atoms with Gasteiger partial charge in [-0.1, -0.05) is 122 Å². The molecule has 25 nitrogen and oxygen atoms in total. The van der Waals surface area contributed by atoms with E-state index >= 15 is 0 Å². The number of benzene rings is 5. The molecule has 0 spiro atoms. The van der Waals surface area contributed by atoms with Crippen LogP contribution in [0.2, 0.25) is 15.1 Å². The molecule has 3 fully saturated rings. The van der Waals surface area contributed by atoms with E-state index in [0.29, 0.717) is 71.1 Å². The molecule has 0 unspecified atom stereocenters. The first kappa shape index (κ1) is 90.0. The predicted molar refractivity (Wildman–Crippen MR) is 349 cm³/mol. The van der Waals surface area contributed by atoms with E-state index < -0.39 is 53.2 Å². The zero-order valence-corrected chi connectivity index (χ0v) is 60.7. The van der Waals surface area contributed by atoms with Gasteiger partial charge in [0, 0.05) is 59.5 Å². The Bertz CT molecular complexity index is 3740. The van der Waals surface area contributed by atoms with E-state index in [2.05, 4.69) is 31.0 Å². The Hall–Kier alpha value is -5.02. The maximum atomic E-state index is 14.1. The van der Waals surface area contributed by atoms with Gasteiger partial charge in [0.05, 0.1) is 63.4 Å². The number of fused-ring (bicyclic) bond motifs is 2. The van der Waals surface area contributed by atoms with Crippen molar-refractivity contribution in [3.05, 3.63) is 164 Å². The summed E-state index contributed by atoms with van der Waals surface area (Å²) in [7, 11) is 0. The number of hydrogen-bond donors (Lipinski definition) is 10. The number of aromatic nitrogens is 4. The number of ketones is 1. The molecule has 0 bridgehead atoms. The molecule has 3 saturated carbocycles. The summed E-state index contributed by atoms with van der Waals surface area (Å²) in [5.41, 5.74) is 18.2. The van der Waals surface area contributed by atoms with Gasteiger partial charge in [0.1, 0.15) is 36.3 Å². The molecular weight excluding hydrogens is 1410 g/mol. The molecule has 5 aromatic carbocycles. The molecule has 97 heavy (non-hydrogen) atoms. The maximum absolute atomic E-state index is 14.1. The van der Waals surface area contributed by atoms with E-state index in [9.17, 15) is 51.8 Å². The molecule has 10 rings (SSSR count). The molecule has 518 valence electrons. The largest absolute Gasteiger partial charge is 1.00 e. The third kappa shape index (κ3) is 28.9. The summed E-state index contributed by atoms with van der Waals surface area (Å²) < 4.78 is 43.5. The van der Waals surface area contributed by atoms with E-state index in [1.54, 1.807) is 78.9 Å². The zero-order valence-electron chi connectivity index (χ0n) is 52.4. The molecule has 0 radical (unpaired) electrons. The van der Waals surface area contributed by atoms with Crippen molar-refractivity contribution in [2.45, 2.75) is 129 Å². The van der Waals surface area contributed by atoms with E-state index in [0.717, 1.165) is 12.8 Å². The predicted octanol–water partition coefficient (Wildman–Crippen LogP) is -0.461. The van der Waals surface area contributed by atoms with E-state index in [1.165, 1.54) is 38.5 Å². The Morgan fingerprint density at radius 1 is 0.649 bits per heavy atom. The molecule has 7 aromatic rings. The summed E-state index contributed by atoms with van der Waals surface area (Å²) in [6, 6.07) is 27.8. The van der Waals surface area contributed by atoms with Crippen molar-refractivity contribution in [2.24, 2.45) is 17.2 Å². The monoisotopic (exact) mass is 1490 g/mol. The number of carbonyl (C=O) groups excluding carboxylic acids is 7. The Balaban J connectivity index is 0.00000126. The fourth-order valence-electron chi connectivity index (χ4n) is 9.18. The van der Waals surface area contributed by atoms with Gasteiger partial charge < -0.3 is 70.0 Å². The molecule has 0 saturated heterocycles. The van der Waals surface area contributed by atoms with Crippen LogP contribution in [0, 0.1) is 17.5 Å². The van der Waals surface area contributed by atoms with Crippen molar-refractivity contribution in [3.8, 4) is 0 Å². The van der Waals surface area contributed by atoms with Crippen LogP contribution in [0.4, 0.5) is 13.2 Å². The van der Waals surface area contributed by atoms with E-state index in [1.807, 2.05) is 0 Å². The molecule has 34 heteroatoms. The molecule has 13 N–H and O–H groups in total. The fourth-order valence-corrected chi connectivity index (χ4v) is 9.89. The summed E-state index contributed by atoms with van der Waals surface area (Å²) in [6.07, 6.45) is 3.37. The number of nitrogens with one attached hydrogen (secondary N) is 3. The second-order valence-corrected chi connectivity index (χ2v) is 22.6. The van der Waals surface area contributed by atoms with Crippen molar-refractivity contribution in [2.75, 3.05) is 19.0 Å². The summed E-state index contributed by atoms with van der Waals surface area (Å²) in [4.78, 5) is 94.4. The Morgan fingerprint density at radius 2 is 1.06 bits per heavy atom. The number of primary amides is 2. The minimum Gasteiger partial charge on any atom is -1.00 e. The zero-order chi connectivity index (χ0) is 68.5. The topological polar surface area (TPSA) is 403 Å². The molecular formula is C63H76Cl4F3K2N11O14. The first-order valence-electron chi connectivity index (χ1n) is 28.4. The van der Waals surface area contributed by atoms with Crippen molar-refractivity contribution in [1.29, 1.82) is 0 Å². The van der Waals surface area contributed by atoms with Crippen LogP contribution in [0.5, 0.6) is 0 Å². The number of Topliss-reactive ketones (excluding diaryl/α,β-unsaturated/α-hetero) is 1. The number of aliphatic hydroxyl groups is 3. The number of alkyl halides is 1. The standard InChI is InChI=1S/C23H23ClFN5O4.C13H16ClFN2O2.C10H9Cl2FO.C10H9N3O3.C4H9NO.CH2O3.2CH4.2K.H/c24-17-6-3-4-13(21(17)25)10-27-19(32)11-29(14-8-15(31)9-14)20(33)12-30-18-7-2-1-5-16(18)22(28-30)23(26)34;14-11-3-1-2-8(13(11)15)6-17-12(19)7-16-9-4-10(18)5-9;11-6-8(14)5-4-7-2-1-3-9(12)10(7)13;11-10(16)9-6-3-1-2-4-7(6)13(12-9)5-8(14)15;5-3-1-4(6)2-3;2-1-4-3;;;;;/h1-7,14-15,31H,8-12H2,(H2,26,34)(H,27,32);1-3,9-10,16,18H,4-7H2,(H,17,19);1-3H,4-6H2;1-4H,5H2,(H2,11,16)(H,14,15);3-4,6H,1-2,5H2;1,3H;2*1H4;;;/q;;;;;;;;2*+1;-1/p-1. The third-order valence-corrected chi connectivity index (χ3v) is 15.4. The number of nitrogens with zero attached hydrogens (tertiary/aromatic N) is 5. The van der Waals surface area contributed by atoms with Gasteiger partial charge >= 0.3 is 109 Å². The molecule has 2 aromatic heterocycles. The Labute approximate surface area is 663 Å². The van der Waals surface area contributed by atoms with Gasteiger partial charge in [0.25, 0.3) is 18.3 Å². The number of carbonyl (C=O) groups is 8. The number of carboxylic acids is 1. The Morgan fingerprint density at radius 3 is 1.45 bits per heavy atom. The number of nitrogens with two attached hydrogens (primary N) is 3. The number of aliphatic carboxylic acids is 1. The maximum Gasteiger partial charge on any atom is 1.00 e. The van der Waals surface area contributed by atoms with Crippen LogP contribution < -0.4 is 141 Å². The van der Waals surface area contributed by atoms with Crippen LogP contribution in [-0.4, -0.2) is 148 Å². The summed E-state index contributed by atoms with van der Waals surface area (Å²) in [6.45, 7) is -0.795. The van der Waals surface area contributed by atoms with Crippen molar-refractivity contribution >= 4 is 116 Å². The van der Waals surface area contributed by atoms with E-state index in [-0.39, 0.29) is 245 Å². The van der Waals surface area contributed by atoms with Crippen LogP contribution in [0.25, 0.3) is 21.8 Å². The first-order valence-corrected chi connectivity index (χ1v) is 30.1. The minimum absolute atomic E-state index is 0. The third-order valence-electron chi connectivity index (χ3n) is 14.2. The smallest absolute Gasteiger partial charge is 1.00 e. The molecule has 3 aliphatic rings. The van der Waals surface area contributed by atoms with Crippen LogP contribution in [0.3, 0.4) is 0 Å². The average molecular weight is 1490 g/mol. The molecule has 2 heterocycles. The Kier molecular flexibility index (Phi) is 42.4. The fraction of sp³-hybridized carbons (Fsp3) is 0.365. The van der Waals surface area contributed by atoms with Crippen LogP contribution in [-0.2, 0) is 66.3 Å². The van der Waals surface area contributed by atoms with Gasteiger partial charge in [-0.25, -0.2) is 13.2 Å². The quantitative estimate of drug-likeness (QED) is 0.0143. The number of halogens is 7. The van der Waals surface area contributed by atoms with Gasteiger partial charge in [-0.2, -0.15) is 10.2 Å². The van der Waals surface area contributed by atoms with E-state index in [4.69, 9.17) is 89.0 Å². The van der Waals surface area contributed by atoms with Gasteiger partial charge in [0.2, 0.25) is 17.7 Å². The summed E-state index contributed by atoms with van der Waals surface area (Å²) >= 11 is 22.3. The number of aryl methyl sites for hydroxylation is 1. The second-order valence-electron chi connectivity index (χ2n) is 21.1. The second kappa shape index (κ2) is 45.7. The van der Waals surface area contributed by atoms with Gasteiger partial charge in [-0.15, -0.1) is 11.6 Å². The average Bonchev–Trinajstić information content (AvgIpc) is 1.62. The molecule has 0 atom stereocenters. The molecule has 3 aliphatic carbocycles. The molecule has 5 amide bonds. The minimum atomic E-state index is -1.02. The number of amides is 5. The van der Waals surface area contributed by atoms with Crippen LogP contribution in [0.1, 0.15) is 98.9 Å². The normalized spacial score (nSPS) is 16.5. The summed E-state index contributed by atoms with van der Waals surface area (Å²) in [5.74, 6) is -5.19. The summed E-state index contributed by atoms with van der Waals surface area (Å²) in [5, 5.41) is 62.0. The number of carboxylic acid groups (broad SMARTS) is 1. The van der Waals surface area contributed by atoms with Crippen LogP contribution >= 0.6 is 46.4 Å². The number of para-hydroxylation sites is 2.